The fourth-order valence-electron chi connectivity index (χ4n) is 2.40. The minimum Gasteiger partial charge on any atom is -0.508 e. The highest BCUT2D eigenvalue weighted by Gasteiger charge is 2.26. The van der Waals surface area contributed by atoms with Gasteiger partial charge in [0, 0.05) is 4.70 Å². The zero-order valence-corrected chi connectivity index (χ0v) is 16.0. The van der Waals surface area contributed by atoms with Crippen molar-refractivity contribution in [2.24, 2.45) is 0 Å². The van der Waals surface area contributed by atoms with Crippen molar-refractivity contribution in [3.05, 3.63) is 59.5 Å². The maximum atomic E-state index is 12.7. The van der Waals surface area contributed by atoms with Gasteiger partial charge in [-0.25, -0.2) is 4.79 Å². The van der Waals surface area contributed by atoms with Gasteiger partial charge in [-0.05, 0) is 62.6 Å². The van der Waals surface area contributed by atoms with Crippen LogP contribution in [-0.4, -0.2) is 22.7 Å². The molecule has 0 aliphatic rings. The molecule has 0 unspecified atom stereocenters. The highest BCUT2D eigenvalue weighted by atomic mass is 32.1. The number of rotatable bonds is 2. The largest absolute Gasteiger partial charge is 0.508 e. The van der Waals surface area contributed by atoms with Gasteiger partial charge >= 0.3 is 6.09 Å². The van der Waals surface area contributed by atoms with Crippen LogP contribution >= 0.6 is 11.3 Å². The third-order valence-corrected chi connectivity index (χ3v) is 4.64. The van der Waals surface area contributed by atoms with Crippen LogP contribution in [0.25, 0.3) is 10.1 Å². The van der Waals surface area contributed by atoms with E-state index in [0.29, 0.717) is 10.6 Å². The summed E-state index contributed by atoms with van der Waals surface area (Å²) in [5, 5.41) is 11.4. The second-order valence-corrected chi connectivity index (χ2v) is 8.01. The number of amides is 2. The molecule has 1 aromatic heterocycles. The summed E-state index contributed by atoms with van der Waals surface area (Å²) in [6, 6.07) is 15.3. The van der Waals surface area contributed by atoms with Crippen LogP contribution < -0.4 is 10.4 Å². The molecule has 0 aliphatic carbocycles. The molecule has 6 nitrogen and oxygen atoms in total. The predicted octanol–water partition coefficient (Wildman–Crippen LogP) is 4.69. The van der Waals surface area contributed by atoms with Gasteiger partial charge in [0.15, 0.2) is 0 Å². The van der Waals surface area contributed by atoms with Crippen molar-refractivity contribution in [3.63, 3.8) is 0 Å². The van der Waals surface area contributed by atoms with Gasteiger partial charge in [-0.2, -0.15) is 5.01 Å². The molecule has 3 rings (SSSR count). The topological polar surface area (TPSA) is 78.9 Å². The number of anilines is 1. The van der Waals surface area contributed by atoms with Crippen LogP contribution in [-0.2, 0) is 4.74 Å². The normalized spacial score (nSPS) is 11.2. The Labute approximate surface area is 161 Å². The van der Waals surface area contributed by atoms with Crippen molar-refractivity contribution >= 4 is 39.1 Å². The zero-order valence-electron chi connectivity index (χ0n) is 15.2. The average Bonchev–Trinajstić information content (AvgIpc) is 3.02. The second-order valence-electron chi connectivity index (χ2n) is 6.93. The van der Waals surface area contributed by atoms with E-state index in [0.717, 1.165) is 15.1 Å². The summed E-state index contributed by atoms with van der Waals surface area (Å²) in [5.74, 6) is -0.308. The molecule has 0 atom stereocenters. The Bertz CT molecular complexity index is 977. The van der Waals surface area contributed by atoms with Crippen molar-refractivity contribution < 1.29 is 19.4 Å². The van der Waals surface area contributed by atoms with Gasteiger partial charge in [-0.3, -0.25) is 10.2 Å². The molecule has 140 valence electrons. The number of hydrazine groups is 1. The summed E-state index contributed by atoms with van der Waals surface area (Å²) in [6.07, 6.45) is -0.680. The van der Waals surface area contributed by atoms with Crippen molar-refractivity contribution in [1.29, 1.82) is 0 Å². The van der Waals surface area contributed by atoms with Crippen LogP contribution in [0.3, 0.4) is 0 Å². The Balaban J connectivity index is 1.88. The summed E-state index contributed by atoms with van der Waals surface area (Å²) >= 11 is 1.27. The van der Waals surface area contributed by atoms with Gasteiger partial charge in [-0.15, -0.1) is 11.3 Å². The molecule has 0 aliphatic heterocycles. The number of nitrogens with one attached hydrogen (secondary N) is 1. The number of phenols is 1. The lowest BCUT2D eigenvalue weighted by Gasteiger charge is -2.27. The first-order chi connectivity index (χ1) is 12.7. The Morgan fingerprint density at radius 2 is 1.78 bits per heavy atom. The number of thiophene rings is 1. The molecule has 2 amide bonds. The molecule has 2 aromatic carbocycles. The van der Waals surface area contributed by atoms with Crippen LogP contribution in [0.4, 0.5) is 10.5 Å². The van der Waals surface area contributed by atoms with Gasteiger partial charge < -0.3 is 9.84 Å². The summed E-state index contributed by atoms with van der Waals surface area (Å²) in [5.41, 5.74) is 2.40. The second kappa shape index (κ2) is 7.28. The van der Waals surface area contributed by atoms with Crippen molar-refractivity contribution in [1.82, 2.24) is 5.43 Å². The Morgan fingerprint density at radius 1 is 1.07 bits per heavy atom. The first-order valence-electron chi connectivity index (χ1n) is 8.35. The van der Waals surface area contributed by atoms with Crippen LogP contribution in [0.5, 0.6) is 5.75 Å². The molecule has 0 bridgehead atoms. The zero-order chi connectivity index (χ0) is 19.6. The molecular formula is C20H20N2O4S. The van der Waals surface area contributed by atoms with E-state index in [2.05, 4.69) is 5.43 Å². The van der Waals surface area contributed by atoms with Crippen molar-refractivity contribution in [3.8, 4) is 5.75 Å². The van der Waals surface area contributed by atoms with E-state index in [-0.39, 0.29) is 5.75 Å². The van der Waals surface area contributed by atoms with Crippen LogP contribution in [0.15, 0.2) is 54.6 Å². The smallest absolute Gasteiger partial charge is 0.434 e. The molecule has 0 spiro atoms. The number of benzene rings is 2. The molecular weight excluding hydrogens is 364 g/mol. The molecule has 0 saturated heterocycles. The number of hydrogen-bond acceptors (Lipinski definition) is 5. The number of nitrogens with zero attached hydrogens (tertiary/aromatic N) is 1. The number of ether oxygens (including phenoxy) is 1. The molecule has 7 heteroatoms. The van der Waals surface area contributed by atoms with Gasteiger partial charge in [0.05, 0.1) is 10.6 Å². The fraction of sp³-hybridized carbons (Fsp3) is 0.200. The first-order valence-corrected chi connectivity index (χ1v) is 9.16. The summed E-state index contributed by atoms with van der Waals surface area (Å²) in [4.78, 5) is 25.8. The van der Waals surface area contributed by atoms with Crippen molar-refractivity contribution in [2.45, 2.75) is 26.4 Å². The Hall–Kier alpha value is -3.06. The van der Waals surface area contributed by atoms with Gasteiger partial charge in [-0.1, -0.05) is 18.2 Å². The van der Waals surface area contributed by atoms with E-state index in [1.807, 2.05) is 6.07 Å². The number of para-hydroxylation sites is 1. The van der Waals surface area contributed by atoms with E-state index in [1.165, 1.54) is 11.3 Å². The van der Waals surface area contributed by atoms with Crippen molar-refractivity contribution in [2.75, 3.05) is 5.01 Å². The standard InChI is InChI=1S/C20H20N2O4S/c1-20(2,3)26-19(25)22(14-7-5-4-6-8-14)21-18(24)17-12-13-11-15(23)9-10-16(13)27-17/h4-12,23H,1-3H3,(H,21,24). The summed E-state index contributed by atoms with van der Waals surface area (Å²) in [7, 11) is 0. The first kappa shape index (κ1) is 18.7. The lowest BCUT2D eigenvalue weighted by atomic mass is 10.2. The number of carbonyl (C=O) groups excluding carboxylic acids is 2. The quantitative estimate of drug-likeness (QED) is 0.628. The monoisotopic (exact) mass is 384 g/mol. The molecule has 2 N–H and O–H groups in total. The lowest BCUT2D eigenvalue weighted by molar-refractivity contribution is 0.0548. The number of carbonyl (C=O) groups is 2. The maximum Gasteiger partial charge on any atom is 0.434 e. The molecule has 27 heavy (non-hydrogen) atoms. The SMILES string of the molecule is CC(C)(C)OC(=O)N(NC(=O)c1cc2cc(O)ccc2s1)c1ccccc1. The van der Waals surface area contributed by atoms with Gasteiger partial charge in [0.1, 0.15) is 11.4 Å². The number of aromatic hydroxyl groups is 1. The average molecular weight is 384 g/mol. The molecule has 1 heterocycles. The minimum atomic E-state index is -0.704. The van der Waals surface area contributed by atoms with Crippen LogP contribution in [0.2, 0.25) is 0 Å². The third kappa shape index (κ3) is 4.57. The molecule has 3 aromatic rings. The molecule has 0 saturated carbocycles. The Kier molecular flexibility index (Phi) is 5.05. The molecule has 0 radical (unpaired) electrons. The fourth-order valence-corrected chi connectivity index (χ4v) is 3.33. The van der Waals surface area contributed by atoms with E-state index < -0.39 is 17.6 Å². The summed E-state index contributed by atoms with van der Waals surface area (Å²) in [6.45, 7) is 5.27. The van der Waals surface area contributed by atoms with E-state index in [9.17, 15) is 14.7 Å². The highest BCUT2D eigenvalue weighted by molar-refractivity contribution is 7.20. The Morgan fingerprint density at radius 3 is 2.44 bits per heavy atom. The maximum absolute atomic E-state index is 12.7. The van der Waals surface area contributed by atoms with Crippen LogP contribution in [0, 0.1) is 0 Å². The number of fused-ring (bicyclic) bond motifs is 1. The van der Waals surface area contributed by atoms with Crippen LogP contribution in [0.1, 0.15) is 30.4 Å². The summed E-state index contributed by atoms with van der Waals surface area (Å²) < 4.78 is 6.27. The lowest BCUT2D eigenvalue weighted by Crippen LogP contribution is -2.48. The van der Waals surface area contributed by atoms with Gasteiger partial charge in [0.2, 0.25) is 0 Å². The van der Waals surface area contributed by atoms with E-state index in [4.69, 9.17) is 4.74 Å². The van der Waals surface area contributed by atoms with E-state index >= 15 is 0 Å². The van der Waals surface area contributed by atoms with Gasteiger partial charge in [0.25, 0.3) is 5.91 Å². The number of phenolic OH excluding ortho intramolecular Hbond substituents is 1. The minimum absolute atomic E-state index is 0.131. The predicted molar refractivity (Wildman–Crippen MR) is 106 cm³/mol. The van der Waals surface area contributed by atoms with E-state index in [1.54, 1.807) is 69.3 Å². The molecule has 0 fully saturated rings. The highest BCUT2D eigenvalue weighted by Crippen LogP contribution is 2.28. The number of hydrogen-bond donors (Lipinski definition) is 2. The third-order valence-electron chi connectivity index (χ3n) is 3.53.